The Kier molecular flexibility index (Phi) is 4.69. The fourth-order valence-electron chi connectivity index (χ4n) is 3.14. The van der Waals surface area contributed by atoms with Gasteiger partial charge in [-0.05, 0) is 31.0 Å². The van der Waals surface area contributed by atoms with Crippen molar-refractivity contribution in [2.75, 3.05) is 0 Å². The topological polar surface area (TPSA) is 66.0 Å². The number of amides is 1. The molecule has 0 spiro atoms. The minimum absolute atomic E-state index is 0.00481. The van der Waals surface area contributed by atoms with Gasteiger partial charge in [-0.2, -0.15) is 5.10 Å². The van der Waals surface area contributed by atoms with Crippen LogP contribution in [0, 0.1) is 5.92 Å². The highest BCUT2D eigenvalue weighted by Gasteiger charge is 2.37. The maximum Gasteiger partial charge on any atom is 0.246 e. The Morgan fingerprint density at radius 1 is 1.29 bits per heavy atom. The molecule has 0 unspecified atom stereocenters. The minimum atomic E-state index is -0.306. The van der Waals surface area contributed by atoms with Gasteiger partial charge >= 0.3 is 0 Å². The molecular weight excluding hydrogens is 304 g/mol. The van der Waals surface area contributed by atoms with Gasteiger partial charge in [0.1, 0.15) is 17.2 Å². The molecule has 126 valence electrons. The van der Waals surface area contributed by atoms with E-state index in [-0.39, 0.29) is 23.6 Å². The highest BCUT2D eigenvalue weighted by molar-refractivity contribution is 6.01. The second-order valence-electron chi connectivity index (χ2n) is 6.00. The molecule has 1 aliphatic rings. The Bertz CT molecular complexity index is 733. The molecular formula is C19H22N2O3. The molecule has 0 fully saturated rings. The van der Waals surface area contributed by atoms with Crippen LogP contribution in [0.15, 0.2) is 52.2 Å². The number of nitrogens with zero attached hydrogens (tertiary/aromatic N) is 2. The van der Waals surface area contributed by atoms with Crippen molar-refractivity contribution >= 4 is 11.6 Å². The van der Waals surface area contributed by atoms with E-state index in [0.29, 0.717) is 17.7 Å². The molecule has 2 aromatic rings. The molecule has 0 saturated carbocycles. The van der Waals surface area contributed by atoms with E-state index in [9.17, 15) is 9.90 Å². The zero-order chi connectivity index (χ0) is 17.1. The van der Waals surface area contributed by atoms with Crippen LogP contribution in [0.1, 0.15) is 50.5 Å². The number of hydrogen-bond donors (Lipinski definition) is 1. The third-order valence-corrected chi connectivity index (χ3v) is 4.57. The van der Waals surface area contributed by atoms with E-state index in [1.807, 2.05) is 32.0 Å². The lowest BCUT2D eigenvalue weighted by atomic mass is 9.97. The highest BCUT2D eigenvalue weighted by atomic mass is 16.3. The number of hydrazone groups is 1. The first-order chi connectivity index (χ1) is 11.7. The molecule has 0 aliphatic carbocycles. The largest absolute Gasteiger partial charge is 0.508 e. The molecule has 0 saturated heterocycles. The molecule has 1 aromatic heterocycles. The molecule has 0 radical (unpaired) electrons. The molecule has 1 N–H and O–H groups in total. The summed E-state index contributed by atoms with van der Waals surface area (Å²) in [5, 5.41) is 16.3. The van der Waals surface area contributed by atoms with E-state index in [0.717, 1.165) is 18.6 Å². The second-order valence-corrected chi connectivity index (χ2v) is 6.00. The number of aromatic hydroxyl groups is 1. The minimum Gasteiger partial charge on any atom is -0.508 e. The average Bonchev–Trinajstić information content (AvgIpc) is 3.26. The van der Waals surface area contributed by atoms with Crippen molar-refractivity contribution in [2.24, 2.45) is 11.0 Å². The predicted molar refractivity (Wildman–Crippen MR) is 91.6 cm³/mol. The second kappa shape index (κ2) is 6.91. The van der Waals surface area contributed by atoms with Crippen molar-refractivity contribution in [3.05, 3.63) is 54.0 Å². The van der Waals surface area contributed by atoms with Crippen molar-refractivity contribution < 1.29 is 14.3 Å². The number of hydrogen-bond acceptors (Lipinski definition) is 4. The smallest absolute Gasteiger partial charge is 0.246 e. The molecule has 1 atom stereocenters. The lowest BCUT2D eigenvalue weighted by Gasteiger charge is -2.26. The average molecular weight is 326 g/mol. The summed E-state index contributed by atoms with van der Waals surface area (Å²) in [6.07, 6.45) is 3.66. The van der Waals surface area contributed by atoms with Gasteiger partial charge in [-0.1, -0.05) is 32.0 Å². The quantitative estimate of drug-likeness (QED) is 0.899. The first-order valence-corrected chi connectivity index (χ1v) is 8.38. The van der Waals surface area contributed by atoms with Gasteiger partial charge in [0.25, 0.3) is 0 Å². The Morgan fingerprint density at radius 2 is 2.04 bits per heavy atom. The molecule has 24 heavy (non-hydrogen) atoms. The van der Waals surface area contributed by atoms with Crippen molar-refractivity contribution in [1.82, 2.24) is 5.01 Å². The molecule has 1 aromatic carbocycles. The molecule has 5 heteroatoms. The third kappa shape index (κ3) is 2.94. The molecule has 1 amide bonds. The van der Waals surface area contributed by atoms with E-state index in [1.54, 1.807) is 24.5 Å². The summed E-state index contributed by atoms with van der Waals surface area (Å²) in [7, 11) is 0. The van der Waals surface area contributed by atoms with Crippen molar-refractivity contribution in [2.45, 2.75) is 39.2 Å². The zero-order valence-electron chi connectivity index (χ0n) is 14.0. The van der Waals surface area contributed by atoms with Gasteiger partial charge < -0.3 is 9.52 Å². The normalized spacial score (nSPS) is 17.4. The Balaban J connectivity index is 1.98. The van der Waals surface area contributed by atoms with Crippen LogP contribution in [0.25, 0.3) is 0 Å². The standard InChI is InChI=1S/C19H22N2O3/c1-3-13(4-2)19(23)21-16(14-8-5-6-9-17(14)22)12-15(20-21)18-10-7-11-24-18/h5-11,13,16,22H,3-4,12H2,1-2H3/t16-/m0/s1. The van der Waals surface area contributed by atoms with Crippen molar-refractivity contribution in [1.29, 1.82) is 0 Å². The molecule has 2 heterocycles. The number of carbonyl (C=O) groups excluding carboxylic acids is 1. The van der Waals surface area contributed by atoms with Gasteiger partial charge in [-0.25, -0.2) is 5.01 Å². The summed E-state index contributed by atoms with van der Waals surface area (Å²) in [6, 6.07) is 10.5. The summed E-state index contributed by atoms with van der Waals surface area (Å²) in [5.74, 6) is 0.767. The summed E-state index contributed by atoms with van der Waals surface area (Å²) < 4.78 is 5.44. The maximum absolute atomic E-state index is 12.9. The van der Waals surface area contributed by atoms with Crippen LogP contribution in [0.2, 0.25) is 0 Å². The van der Waals surface area contributed by atoms with Gasteiger partial charge in [-0.3, -0.25) is 4.79 Å². The molecule has 0 bridgehead atoms. The van der Waals surface area contributed by atoms with Crippen LogP contribution in [0.3, 0.4) is 0 Å². The number of phenolic OH excluding ortho intramolecular Hbond substituents is 1. The van der Waals surface area contributed by atoms with Crippen LogP contribution < -0.4 is 0 Å². The molecule has 1 aliphatic heterocycles. The van der Waals surface area contributed by atoms with Crippen LogP contribution in [0.5, 0.6) is 5.75 Å². The summed E-state index contributed by atoms with van der Waals surface area (Å²) >= 11 is 0. The van der Waals surface area contributed by atoms with Gasteiger partial charge in [0.2, 0.25) is 5.91 Å². The molecule has 5 nitrogen and oxygen atoms in total. The summed E-state index contributed by atoms with van der Waals surface area (Å²) in [5.41, 5.74) is 1.44. The van der Waals surface area contributed by atoms with E-state index < -0.39 is 0 Å². The van der Waals surface area contributed by atoms with Gasteiger partial charge in [-0.15, -0.1) is 0 Å². The lowest BCUT2D eigenvalue weighted by Crippen LogP contribution is -2.32. The zero-order valence-corrected chi connectivity index (χ0v) is 14.0. The monoisotopic (exact) mass is 326 g/mol. The number of benzene rings is 1. The van der Waals surface area contributed by atoms with Crippen LogP contribution in [0.4, 0.5) is 0 Å². The van der Waals surface area contributed by atoms with Crippen LogP contribution in [-0.2, 0) is 4.79 Å². The van der Waals surface area contributed by atoms with E-state index >= 15 is 0 Å². The first-order valence-electron chi connectivity index (χ1n) is 8.38. The fraction of sp³-hybridized carbons (Fsp3) is 0.368. The van der Waals surface area contributed by atoms with Crippen LogP contribution in [-0.4, -0.2) is 21.7 Å². The Hall–Kier alpha value is -2.56. The third-order valence-electron chi connectivity index (χ3n) is 4.57. The number of rotatable bonds is 5. The SMILES string of the molecule is CCC(CC)C(=O)N1N=C(c2ccco2)C[C@H]1c1ccccc1O. The summed E-state index contributed by atoms with van der Waals surface area (Å²) in [4.78, 5) is 12.9. The summed E-state index contributed by atoms with van der Waals surface area (Å²) in [6.45, 7) is 4.02. The van der Waals surface area contributed by atoms with Gasteiger partial charge in [0.05, 0.1) is 12.3 Å². The Morgan fingerprint density at radius 3 is 2.67 bits per heavy atom. The Labute approximate surface area is 141 Å². The highest BCUT2D eigenvalue weighted by Crippen LogP contribution is 2.38. The first kappa shape index (κ1) is 16.3. The number of furan rings is 1. The van der Waals surface area contributed by atoms with E-state index in [1.165, 1.54) is 5.01 Å². The van der Waals surface area contributed by atoms with Gasteiger partial charge in [0, 0.05) is 17.9 Å². The number of phenols is 1. The van der Waals surface area contributed by atoms with Crippen molar-refractivity contribution in [3.8, 4) is 5.75 Å². The van der Waals surface area contributed by atoms with E-state index in [4.69, 9.17) is 4.42 Å². The molecule has 3 rings (SSSR count). The fourth-order valence-corrected chi connectivity index (χ4v) is 3.14. The van der Waals surface area contributed by atoms with Crippen molar-refractivity contribution in [3.63, 3.8) is 0 Å². The predicted octanol–water partition coefficient (Wildman–Crippen LogP) is 4.10. The van der Waals surface area contributed by atoms with Gasteiger partial charge in [0.15, 0.2) is 0 Å². The lowest BCUT2D eigenvalue weighted by molar-refractivity contribution is -0.137. The van der Waals surface area contributed by atoms with Crippen LogP contribution >= 0.6 is 0 Å². The number of carbonyl (C=O) groups is 1. The van der Waals surface area contributed by atoms with E-state index in [2.05, 4.69) is 5.10 Å². The maximum atomic E-state index is 12.9. The number of para-hydroxylation sites is 1.